The summed E-state index contributed by atoms with van der Waals surface area (Å²) in [6.07, 6.45) is 12.1. The zero-order chi connectivity index (χ0) is 17.3. The average molecular weight is 339 g/mol. The van der Waals surface area contributed by atoms with Crippen LogP contribution in [0.25, 0.3) is 0 Å². The van der Waals surface area contributed by atoms with Gasteiger partial charge >= 0.3 is 0 Å². The van der Waals surface area contributed by atoms with E-state index in [1.165, 1.54) is 51.4 Å². The molecule has 24 heavy (non-hydrogen) atoms. The van der Waals surface area contributed by atoms with Gasteiger partial charge in [-0.15, -0.1) is 0 Å². The molecule has 2 aliphatic carbocycles. The van der Waals surface area contributed by atoms with Crippen molar-refractivity contribution in [3.63, 3.8) is 0 Å². The number of nitrogens with one attached hydrogen (secondary N) is 2. The summed E-state index contributed by atoms with van der Waals surface area (Å²) in [7, 11) is 5.92. The van der Waals surface area contributed by atoms with Crippen LogP contribution in [0.1, 0.15) is 57.8 Å². The maximum Gasteiger partial charge on any atom is 0.191 e. The van der Waals surface area contributed by atoms with Gasteiger partial charge in [-0.1, -0.05) is 25.7 Å². The third kappa shape index (κ3) is 5.92. The van der Waals surface area contributed by atoms with E-state index in [-0.39, 0.29) is 0 Å². The molecule has 140 valence electrons. The SMILES string of the molecule is CN=C(NCCN(C)C1CCCCC1)NCC1(CCOC)CCC1. The van der Waals surface area contributed by atoms with Gasteiger partial charge in [0, 0.05) is 46.4 Å². The number of aliphatic imine (C=N–C) groups is 1. The van der Waals surface area contributed by atoms with Crippen molar-refractivity contribution in [3.8, 4) is 0 Å². The third-order valence-corrected chi connectivity index (χ3v) is 6.06. The Morgan fingerprint density at radius 2 is 1.92 bits per heavy atom. The Labute approximate surface area is 148 Å². The molecule has 2 saturated carbocycles. The number of nitrogens with zero attached hydrogens (tertiary/aromatic N) is 2. The van der Waals surface area contributed by atoms with Crippen molar-refractivity contribution >= 4 is 5.96 Å². The Bertz CT molecular complexity index is 376. The molecule has 0 saturated heterocycles. The van der Waals surface area contributed by atoms with Crippen LogP contribution in [0.5, 0.6) is 0 Å². The average Bonchev–Trinajstić information content (AvgIpc) is 2.59. The topological polar surface area (TPSA) is 48.9 Å². The lowest BCUT2D eigenvalue weighted by atomic mass is 9.67. The van der Waals surface area contributed by atoms with E-state index < -0.39 is 0 Å². The summed E-state index contributed by atoms with van der Waals surface area (Å²) in [6.45, 7) is 3.91. The molecular weight excluding hydrogens is 300 g/mol. The van der Waals surface area contributed by atoms with E-state index >= 15 is 0 Å². The monoisotopic (exact) mass is 338 g/mol. The van der Waals surface area contributed by atoms with Crippen LogP contribution in [0, 0.1) is 5.41 Å². The highest BCUT2D eigenvalue weighted by atomic mass is 16.5. The zero-order valence-corrected chi connectivity index (χ0v) is 16.1. The molecule has 0 unspecified atom stereocenters. The smallest absolute Gasteiger partial charge is 0.191 e. The van der Waals surface area contributed by atoms with Crippen LogP contribution >= 0.6 is 0 Å². The molecule has 0 spiro atoms. The van der Waals surface area contributed by atoms with Gasteiger partial charge in [-0.25, -0.2) is 0 Å². The van der Waals surface area contributed by atoms with Gasteiger partial charge in [0.1, 0.15) is 0 Å². The summed E-state index contributed by atoms with van der Waals surface area (Å²) < 4.78 is 5.28. The van der Waals surface area contributed by atoms with Crippen molar-refractivity contribution in [2.24, 2.45) is 10.4 Å². The molecule has 2 fully saturated rings. The molecule has 0 aliphatic heterocycles. The van der Waals surface area contributed by atoms with Gasteiger partial charge < -0.3 is 20.3 Å². The van der Waals surface area contributed by atoms with Crippen LogP contribution in [0.15, 0.2) is 4.99 Å². The van der Waals surface area contributed by atoms with Gasteiger partial charge in [0.25, 0.3) is 0 Å². The van der Waals surface area contributed by atoms with E-state index in [1.54, 1.807) is 7.11 Å². The molecule has 0 aromatic heterocycles. The number of likely N-dealkylation sites (N-methyl/N-ethyl adjacent to an activating group) is 1. The van der Waals surface area contributed by atoms with Crippen molar-refractivity contribution < 1.29 is 4.74 Å². The molecule has 2 aliphatic rings. The Morgan fingerprint density at radius 1 is 1.17 bits per heavy atom. The van der Waals surface area contributed by atoms with Crippen molar-refractivity contribution in [2.45, 2.75) is 63.8 Å². The molecule has 5 nitrogen and oxygen atoms in total. The Kier molecular flexibility index (Phi) is 8.33. The van der Waals surface area contributed by atoms with Crippen LogP contribution in [0.2, 0.25) is 0 Å². The summed E-state index contributed by atoms with van der Waals surface area (Å²) in [6, 6.07) is 0.780. The lowest BCUT2D eigenvalue weighted by Gasteiger charge is -2.42. The Balaban J connectivity index is 1.64. The summed E-state index contributed by atoms with van der Waals surface area (Å²) in [5.74, 6) is 0.940. The van der Waals surface area contributed by atoms with Crippen molar-refractivity contribution in [3.05, 3.63) is 0 Å². The lowest BCUT2D eigenvalue weighted by Crippen LogP contribution is -2.48. The summed E-state index contributed by atoms with van der Waals surface area (Å²) in [5, 5.41) is 7.02. The van der Waals surface area contributed by atoms with E-state index in [0.717, 1.165) is 44.7 Å². The fourth-order valence-electron chi connectivity index (χ4n) is 4.06. The first-order valence-electron chi connectivity index (χ1n) is 9.83. The number of hydrogen-bond donors (Lipinski definition) is 2. The molecule has 0 atom stereocenters. The van der Waals surface area contributed by atoms with Crippen LogP contribution in [0.3, 0.4) is 0 Å². The highest BCUT2D eigenvalue weighted by Gasteiger charge is 2.36. The predicted molar refractivity (Wildman–Crippen MR) is 102 cm³/mol. The normalized spacial score (nSPS) is 21.6. The van der Waals surface area contributed by atoms with E-state index in [1.807, 2.05) is 7.05 Å². The number of methoxy groups -OCH3 is 1. The van der Waals surface area contributed by atoms with Crippen LogP contribution in [-0.4, -0.2) is 64.3 Å². The molecule has 0 aromatic rings. The second-order valence-corrected chi connectivity index (χ2v) is 7.72. The van der Waals surface area contributed by atoms with Crippen LogP contribution in [-0.2, 0) is 4.74 Å². The standard InChI is InChI=1S/C19H38N4O/c1-20-18(22-16-19(10-7-11-19)12-15-24-3)21-13-14-23(2)17-8-5-4-6-9-17/h17H,4-16H2,1-3H3,(H2,20,21,22). The largest absolute Gasteiger partial charge is 0.385 e. The van der Waals surface area contributed by atoms with Gasteiger partial charge in [-0.05, 0) is 44.6 Å². The van der Waals surface area contributed by atoms with E-state index in [9.17, 15) is 0 Å². The first kappa shape index (κ1) is 19.5. The van der Waals surface area contributed by atoms with Gasteiger partial charge in [-0.2, -0.15) is 0 Å². The van der Waals surface area contributed by atoms with E-state index in [0.29, 0.717) is 5.41 Å². The first-order chi connectivity index (χ1) is 11.7. The number of guanidine groups is 1. The number of rotatable bonds is 9. The quantitative estimate of drug-likeness (QED) is 0.501. The first-order valence-corrected chi connectivity index (χ1v) is 9.83. The van der Waals surface area contributed by atoms with E-state index in [4.69, 9.17) is 4.74 Å². The number of hydrogen-bond acceptors (Lipinski definition) is 3. The molecule has 0 bridgehead atoms. The highest BCUT2D eigenvalue weighted by molar-refractivity contribution is 5.79. The number of ether oxygens (including phenoxy) is 1. The minimum absolute atomic E-state index is 0.423. The van der Waals surface area contributed by atoms with Crippen LogP contribution in [0.4, 0.5) is 0 Å². The second-order valence-electron chi connectivity index (χ2n) is 7.72. The van der Waals surface area contributed by atoms with Gasteiger partial charge in [0.2, 0.25) is 0 Å². The highest BCUT2D eigenvalue weighted by Crippen LogP contribution is 2.43. The summed E-state index contributed by atoms with van der Waals surface area (Å²) in [4.78, 5) is 6.90. The molecule has 2 rings (SSSR count). The zero-order valence-electron chi connectivity index (χ0n) is 16.1. The van der Waals surface area contributed by atoms with Crippen molar-refractivity contribution in [1.82, 2.24) is 15.5 Å². The minimum atomic E-state index is 0.423. The van der Waals surface area contributed by atoms with E-state index in [2.05, 4.69) is 27.6 Å². The van der Waals surface area contributed by atoms with Gasteiger partial charge in [0.15, 0.2) is 5.96 Å². The third-order valence-electron chi connectivity index (χ3n) is 6.06. The fraction of sp³-hybridized carbons (Fsp3) is 0.947. The predicted octanol–water partition coefficient (Wildman–Crippen LogP) is 2.62. The maximum absolute atomic E-state index is 5.28. The molecular formula is C19H38N4O. The Morgan fingerprint density at radius 3 is 2.50 bits per heavy atom. The molecule has 0 radical (unpaired) electrons. The maximum atomic E-state index is 5.28. The van der Waals surface area contributed by atoms with Crippen LogP contribution < -0.4 is 10.6 Å². The van der Waals surface area contributed by atoms with Gasteiger partial charge in [-0.3, -0.25) is 4.99 Å². The molecule has 0 heterocycles. The second kappa shape index (κ2) is 10.2. The van der Waals surface area contributed by atoms with Crippen molar-refractivity contribution in [2.75, 3.05) is 47.4 Å². The Hall–Kier alpha value is -0.810. The molecule has 0 amide bonds. The minimum Gasteiger partial charge on any atom is -0.385 e. The fourth-order valence-corrected chi connectivity index (χ4v) is 4.06. The molecule has 2 N–H and O–H groups in total. The lowest BCUT2D eigenvalue weighted by molar-refractivity contribution is 0.0732. The van der Waals surface area contributed by atoms with Crippen molar-refractivity contribution in [1.29, 1.82) is 0 Å². The summed E-state index contributed by atoms with van der Waals surface area (Å²) >= 11 is 0. The molecule has 0 aromatic carbocycles. The molecule has 5 heteroatoms. The van der Waals surface area contributed by atoms with Gasteiger partial charge in [0.05, 0.1) is 0 Å². The summed E-state index contributed by atoms with van der Waals surface area (Å²) in [5.41, 5.74) is 0.423.